The Hall–Kier alpha value is -1.67. The first-order chi connectivity index (χ1) is 8.79. The van der Waals surface area contributed by atoms with E-state index in [0.717, 1.165) is 19.5 Å². The standard InChI is InChI=1S/C16H20N2/c1-3-17-12-15-5-4-13(2)10-16(15)11-14-6-8-18-9-7-14/h4-10,17H,3,11-12H2,1-2H3. The average molecular weight is 240 g/mol. The number of nitrogens with one attached hydrogen (secondary N) is 1. The minimum Gasteiger partial charge on any atom is -0.313 e. The lowest BCUT2D eigenvalue weighted by Gasteiger charge is -2.11. The summed E-state index contributed by atoms with van der Waals surface area (Å²) in [6.07, 6.45) is 4.69. The van der Waals surface area contributed by atoms with Crippen molar-refractivity contribution in [2.45, 2.75) is 26.8 Å². The molecular formula is C16H20N2. The predicted molar refractivity (Wildman–Crippen MR) is 75.6 cm³/mol. The van der Waals surface area contributed by atoms with Crippen LogP contribution in [0, 0.1) is 6.92 Å². The zero-order valence-corrected chi connectivity index (χ0v) is 11.1. The van der Waals surface area contributed by atoms with Crippen LogP contribution in [0.3, 0.4) is 0 Å². The largest absolute Gasteiger partial charge is 0.313 e. The predicted octanol–water partition coefficient (Wildman–Crippen LogP) is 3.09. The van der Waals surface area contributed by atoms with Crippen molar-refractivity contribution in [1.82, 2.24) is 10.3 Å². The van der Waals surface area contributed by atoms with E-state index in [4.69, 9.17) is 0 Å². The summed E-state index contributed by atoms with van der Waals surface area (Å²) in [5.41, 5.74) is 5.43. The number of benzene rings is 1. The molecule has 1 aromatic heterocycles. The lowest BCUT2D eigenvalue weighted by molar-refractivity contribution is 0.721. The fraction of sp³-hybridized carbons (Fsp3) is 0.312. The van der Waals surface area contributed by atoms with Gasteiger partial charge in [0.15, 0.2) is 0 Å². The Morgan fingerprint density at radius 2 is 1.83 bits per heavy atom. The van der Waals surface area contributed by atoms with Gasteiger partial charge in [-0.3, -0.25) is 4.98 Å². The molecule has 0 saturated heterocycles. The number of aryl methyl sites for hydroxylation is 1. The minimum atomic E-state index is 0.942. The lowest BCUT2D eigenvalue weighted by Crippen LogP contribution is -2.13. The van der Waals surface area contributed by atoms with Crippen LogP contribution in [0.5, 0.6) is 0 Å². The number of aromatic nitrogens is 1. The third-order valence-corrected chi connectivity index (χ3v) is 3.07. The molecule has 2 heteroatoms. The zero-order chi connectivity index (χ0) is 12.8. The molecule has 0 saturated carbocycles. The highest BCUT2D eigenvalue weighted by Gasteiger charge is 2.03. The second kappa shape index (κ2) is 6.31. The van der Waals surface area contributed by atoms with Gasteiger partial charge in [-0.05, 0) is 48.7 Å². The summed E-state index contributed by atoms with van der Waals surface area (Å²) in [4.78, 5) is 4.06. The van der Waals surface area contributed by atoms with Gasteiger partial charge in [0.2, 0.25) is 0 Å². The average Bonchev–Trinajstić information content (AvgIpc) is 2.39. The maximum atomic E-state index is 4.06. The van der Waals surface area contributed by atoms with Crippen LogP contribution >= 0.6 is 0 Å². The number of rotatable bonds is 5. The van der Waals surface area contributed by atoms with Crippen molar-refractivity contribution >= 4 is 0 Å². The van der Waals surface area contributed by atoms with Crippen molar-refractivity contribution in [1.29, 1.82) is 0 Å². The van der Waals surface area contributed by atoms with Gasteiger partial charge >= 0.3 is 0 Å². The summed E-state index contributed by atoms with van der Waals surface area (Å²) in [5, 5.41) is 3.40. The van der Waals surface area contributed by atoms with Gasteiger partial charge in [-0.25, -0.2) is 0 Å². The molecule has 0 radical (unpaired) electrons. The van der Waals surface area contributed by atoms with Crippen molar-refractivity contribution in [3.05, 3.63) is 65.0 Å². The molecule has 2 aromatic rings. The third-order valence-electron chi connectivity index (χ3n) is 3.07. The Morgan fingerprint density at radius 3 is 2.56 bits per heavy atom. The van der Waals surface area contributed by atoms with E-state index in [0.29, 0.717) is 0 Å². The molecule has 1 N–H and O–H groups in total. The van der Waals surface area contributed by atoms with Crippen molar-refractivity contribution in [3.63, 3.8) is 0 Å². The molecule has 0 bridgehead atoms. The Morgan fingerprint density at radius 1 is 1.06 bits per heavy atom. The second-order valence-electron chi connectivity index (χ2n) is 4.58. The first-order valence-corrected chi connectivity index (χ1v) is 6.47. The monoisotopic (exact) mass is 240 g/mol. The van der Waals surface area contributed by atoms with Gasteiger partial charge in [-0.2, -0.15) is 0 Å². The summed E-state index contributed by atoms with van der Waals surface area (Å²) in [6, 6.07) is 10.9. The summed E-state index contributed by atoms with van der Waals surface area (Å²) >= 11 is 0. The van der Waals surface area contributed by atoms with Gasteiger partial charge in [0.25, 0.3) is 0 Å². The van der Waals surface area contributed by atoms with E-state index in [1.165, 1.54) is 22.3 Å². The Kier molecular flexibility index (Phi) is 4.48. The van der Waals surface area contributed by atoms with Gasteiger partial charge in [0.05, 0.1) is 0 Å². The van der Waals surface area contributed by atoms with Gasteiger partial charge in [0.1, 0.15) is 0 Å². The SMILES string of the molecule is CCNCc1ccc(C)cc1Cc1ccncc1. The molecule has 0 aliphatic rings. The molecule has 1 aromatic carbocycles. The molecule has 0 spiro atoms. The van der Waals surface area contributed by atoms with Crippen LogP contribution in [0.4, 0.5) is 0 Å². The van der Waals surface area contributed by atoms with Crippen molar-refractivity contribution in [3.8, 4) is 0 Å². The van der Waals surface area contributed by atoms with Gasteiger partial charge in [-0.1, -0.05) is 30.7 Å². The summed E-state index contributed by atoms with van der Waals surface area (Å²) in [6.45, 7) is 6.23. The summed E-state index contributed by atoms with van der Waals surface area (Å²) in [7, 11) is 0. The number of hydrogen-bond donors (Lipinski definition) is 1. The molecule has 0 atom stereocenters. The minimum absolute atomic E-state index is 0.942. The van der Waals surface area contributed by atoms with Gasteiger partial charge in [0, 0.05) is 18.9 Å². The van der Waals surface area contributed by atoms with Crippen molar-refractivity contribution in [2.24, 2.45) is 0 Å². The van der Waals surface area contributed by atoms with Crippen LogP contribution < -0.4 is 5.32 Å². The lowest BCUT2D eigenvalue weighted by atomic mass is 9.98. The van der Waals surface area contributed by atoms with Crippen molar-refractivity contribution in [2.75, 3.05) is 6.54 Å². The highest BCUT2D eigenvalue weighted by molar-refractivity contribution is 5.35. The van der Waals surface area contributed by atoms with E-state index in [1.807, 2.05) is 12.4 Å². The Bertz CT molecular complexity index is 492. The van der Waals surface area contributed by atoms with E-state index in [2.05, 4.69) is 54.5 Å². The van der Waals surface area contributed by atoms with Crippen LogP contribution in [0.25, 0.3) is 0 Å². The highest BCUT2D eigenvalue weighted by Crippen LogP contribution is 2.16. The molecule has 2 rings (SSSR count). The first kappa shape index (κ1) is 12.8. The fourth-order valence-electron chi connectivity index (χ4n) is 2.07. The summed E-state index contributed by atoms with van der Waals surface area (Å²) < 4.78 is 0. The molecule has 0 aliphatic heterocycles. The van der Waals surface area contributed by atoms with Crippen LogP contribution in [-0.4, -0.2) is 11.5 Å². The molecule has 0 unspecified atom stereocenters. The van der Waals surface area contributed by atoms with Gasteiger partial charge in [-0.15, -0.1) is 0 Å². The zero-order valence-electron chi connectivity index (χ0n) is 11.1. The van der Waals surface area contributed by atoms with E-state index in [1.54, 1.807) is 0 Å². The molecule has 18 heavy (non-hydrogen) atoms. The molecule has 1 heterocycles. The van der Waals surface area contributed by atoms with E-state index in [-0.39, 0.29) is 0 Å². The number of pyridine rings is 1. The molecule has 0 amide bonds. The van der Waals surface area contributed by atoms with E-state index >= 15 is 0 Å². The van der Waals surface area contributed by atoms with Crippen LogP contribution in [0.1, 0.15) is 29.2 Å². The number of hydrogen-bond acceptors (Lipinski definition) is 2. The maximum Gasteiger partial charge on any atom is 0.0270 e. The molecule has 2 nitrogen and oxygen atoms in total. The first-order valence-electron chi connectivity index (χ1n) is 6.47. The van der Waals surface area contributed by atoms with E-state index < -0.39 is 0 Å². The smallest absolute Gasteiger partial charge is 0.0270 e. The van der Waals surface area contributed by atoms with Crippen molar-refractivity contribution < 1.29 is 0 Å². The third kappa shape index (κ3) is 3.41. The van der Waals surface area contributed by atoms with Crippen LogP contribution in [0.2, 0.25) is 0 Å². The molecule has 0 fully saturated rings. The molecule has 0 aliphatic carbocycles. The fourth-order valence-corrected chi connectivity index (χ4v) is 2.07. The topological polar surface area (TPSA) is 24.9 Å². The normalized spacial score (nSPS) is 10.6. The number of nitrogens with zero attached hydrogens (tertiary/aromatic N) is 1. The second-order valence-corrected chi connectivity index (χ2v) is 4.58. The van der Waals surface area contributed by atoms with E-state index in [9.17, 15) is 0 Å². The molecule has 94 valence electrons. The quantitative estimate of drug-likeness (QED) is 0.868. The van der Waals surface area contributed by atoms with Crippen LogP contribution in [0.15, 0.2) is 42.7 Å². The van der Waals surface area contributed by atoms with Crippen LogP contribution in [-0.2, 0) is 13.0 Å². The van der Waals surface area contributed by atoms with Gasteiger partial charge < -0.3 is 5.32 Å². The highest BCUT2D eigenvalue weighted by atomic mass is 14.8. The maximum absolute atomic E-state index is 4.06. The Balaban J connectivity index is 2.22. The Labute approximate surface area is 109 Å². The molecular weight excluding hydrogens is 220 g/mol. The summed E-state index contributed by atoms with van der Waals surface area (Å²) in [5.74, 6) is 0.